The molecule has 0 radical (unpaired) electrons. The molecule has 2 heteroatoms. The molecule has 13 heavy (non-hydrogen) atoms. The van der Waals surface area contributed by atoms with Crippen LogP contribution < -0.4 is 0 Å². The Morgan fingerprint density at radius 1 is 1.23 bits per heavy atom. The Kier molecular flexibility index (Phi) is 3.63. The van der Waals surface area contributed by atoms with E-state index in [0.717, 1.165) is 11.4 Å². The van der Waals surface area contributed by atoms with Gasteiger partial charge in [-0.3, -0.25) is 0 Å². The number of hydrogen-bond donors (Lipinski definition) is 0. The fourth-order valence-corrected chi connectivity index (χ4v) is 2.11. The van der Waals surface area contributed by atoms with Crippen LogP contribution in [0.5, 0.6) is 0 Å². The maximum absolute atomic E-state index is 6.14. The van der Waals surface area contributed by atoms with E-state index in [-0.39, 0.29) is 0 Å². The first-order chi connectivity index (χ1) is 6.07. The third-order valence-electron chi connectivity index (χ3n) is 2.18. The molecule has 72 valence electrons. The molecule has 0 heterocycles. The highest BCUT2D eigenvalue weighted by molar-refractivity contribution is 6.42. The predicted molar refractivity (Wildman–Crippen MR) is 59.9 cm³/mol. The summed E-state index contributed by atoms with van der Waals surface area (Å²) in [5, 5.41) is 1.37. The Balaban J connectivity index is 3.32. The molecular formula is C11H14Cl2. The van der Waals surface area contributed by atoms with E-state index in [1.807, 2.05) is 6.07 Å². The van der Waals surface area contributed by atoms with E-state index in [0.29, 0.717) is 10.9 Å². The Hall–Kier alpha value is -0.200. The van der Waals surface area contributed by atoms with E-state index in [1.165, 1.54) is 11.1 Å². The van der Waals surface area contributed by atoms with Crippen LogP contribution in [0, 0.1) is 0 Å². The molecule has 0 nitrogen and oxygen atoms in total. The van der Waals surface area contributed by atoms with Crippen molar-refractivity contribution in [3.8, 4) is 0 Å². The summed E-state index contributed by atoms with van der Waals surface area (Å²) in [6, 6.07) is 3.93. The van der Waals surface area contributed by atoms with Gasteiger partial charge in [-0.15, -0.1) is 0 Å². The lowest BCUT2D eigenvalue weighted by molar-refractivity contribution is 0.845. The molecule has 0 bridgehead atoms. The fraction of sp³-hybridized carbons (Fsp3) is 0.455. The molecule has 0 aliphatic heterocycles. The normalized spacial score (nSPS) is 10.9. The zero-order valence-electron chi connectivity index (χ0n) is 8.20. The molecule has 0 unspecified atom stereocenters. The van der Waals surface area contributed by atoms with Crippen LogP contribution in [-0.2, 0) is 6.42 Å². The predicted octanol–water partition coefficient (Wildman–Crippen LogP) is 4.68. The van der Waals surface area contributed by atoms with Crippen LogP contribution in [0.3, 0.4) is 0 Å². The monoisotopic (exact) mass is 216 g/mol. The number of halogens is 2. The van der Waals surface area contributed by atoms with Crippen molar-refractivity contribution in [1.29, 1.82) is 0 Å². The van der Waals surface area contributed by atoms with Gasteiger partial charge in [0.05, 0.1) is 10.0 Å². The highest BCUT2D eigenvalue weighted by Crippen LogP contribution is 2.33. The van der Waals surface area contributed by atoms with Crippen LogP contribution in [0.15, 0.2) is 12.1 Å². The Bertz CT molecular complexity index is 303. The van der Waals surface area contributed by atoms with E-state index < -0.39 is 0 Å². The van der Waals surface area contributed by atoms with Crippen LogP contribution in [0.1, 0.15) is 37.8 Å². The maximum atomic E-state index is 6.14. The number of aryl methyl sites for hydroxylation is 1. The molecule has 0 spiro atoms. The van der Waals surface area contributed by atoms with Gasteiger partial charge < -0.3 is 0 Å². The smallest absolute Gasteiger partial charge is 0.0629 e. The highest BCUT2D eigenvalue weighted by Gasteiger charge is 2.12. The summed E-state index contributed by atoms with van der Waals surface area (Å²) in [5.41, 5.74) is 2.49. The zero-order valence-corrected chi connectivity index (χ0v) is 9.71. The van der Waals surface area contributed by atoms with E-state index >= 15 is 0 Å². The molecule has 0 N–H and O–H groups in total. The molecule has 0 aliphatic carbocycles. The minimum Gasteiger partial charge on any atom is -0.0827 e. The van der Waals surface area contributed by atoms with Gasteiger partial charge in [0.2, 0.25) is 0 Å². The molecular weight excluding hydrogens is 203 g/mol. The number of rotatable bonds is 2. The third-order valence-corrected chi connectivity index (χ3v) is 3.00. The first-order valence-electron chi connectivity index (χ1n) is 4.54. The Labute approximate surface area is 89.9 Å². The molecule has 0 aliphatic rings. The lowest BCUT2D eigenvalue weighted by atomic mass is 9.96. The summed E-state index contributed by atoms with van der Waals surface area (Å²) in [5.74, 6) is 0.432. The van der Waals surface area contributed by atoms with Gasteiger partial charge in [-0.2, -0.15) is 0 Å². The van der Waals surface area contributed by atoms with Crippen LogP contribution in [-0.4, -0.2) is 0 Å². The summed E-state index contributed by atoms with van der Waals surface area (Å²) in [6.07, 6.45) is 1.00. The fourth-order valence-electron chi connectivity index (χ4n) is 1.54. The average molecular weight is 217 g/mol. The van der Waals surface area contributed by atoms with Crippen LogP contribution >= 0.6 is 23.2 Å². The van der Waals surface area contributed by atoms with E-state index in [4.69, 9.17) is 23.2 Å². The van der Waals surface area contributed by atoms with Gasteiger partial charge in [0.1, 0.15) is 0 Å². The van der Waals surface area contributed by atoms with Crippen molar-refractivity contribution in [3.63, 3.8) is 0 Å². The van der Waals surface area contributed by atoms with Crippen molar-refractivity contribution in [2.24, 2.45) is 0 Å². The van der Waals surface area contributed by atoms with Crippen LogP contribution in [0.25, 0.3) is 0 Å². The summed E-state index contributed by atoms with van der Waals surface area (Å²) >= 11 is 12.1. The van der Waals surface area contributed by atoms with Crippen molar-refractivity contribution in [2.45, 2.75) is 33.1 Å². The minimum atomic E-state index is 0.432. The first kappa shape index (κ1) is 10.9. The molecule has 0 atom stereocenters. The van der Waals surface area contributed by atoms with E-state index in [1.54, 1.807) is 0 Å². The Morgan fingerprint density at radius 3 is 2.31 bits per heavy atom. The first-order valence-corrected chi connectivity index (χ1v) is 5.30. The summed E-state index contributed by atoms with van der Waals surface area (Å²) in [6.45, 7) is 6.40. The molecule has 0 saturated carbocycles. The molecule has 1 aromatic carbocycles. The molecule has 0 amide bonds. The van der Waals surface area contributed by atoms with Gasteiger partial charge in [-0.25, -0.2) is 0 Å². The number of benzene rings is 1. The largest absolute Gasteiger partial charge is 0.0827 e. The topological polar surface area (TPSA) is 0 Å². The van der Waals surface area contributed by atoms with Crippen molar-refractivity contribution in [3.05, 3.63) is 33.3 Å². The zero-order chi connectivity index (χ0) is 10.0. The molecule has 0 fully saturated rings. The van der Waals surface area contributed by atoms with Gasteiger partial charge in [0.25, 0.3) is 0 Å². The van der Waals surface area contributed by atoms with Crippen LogP contribution in [0.4, 0.5) is 0 Å². The average Bonchev–Trinajstić information content (AvgIpc) is 2.08. The Morgan fingerprint density at radius 2 is 1.85 bits per heavy atom. The van der Waals surface area contributed by atoms with Crippen molar-refractivity contribution < 1.29 is 0 Å². The summed E-state index contributed by atoms with van der Waals surface area (Å²) < 4.78 is 0. The van der Waals surface area contributed by atoms with Gasteiger partial charge in [-0.05, 0) is 29.5 Å². The highest BCUT2D eigenvalue weighted by atomic mass is 35.5. The summed E-state index contributed by atoms with van der Waals surface area (Å²) in [4.78, 5) is 0. The van der Waals surface area contributed by atoms with Gasteiger partial charge >= 0.3 is 0 Å². The molecule has 0 saturated heterocycles. The van der Waals surface area contributed by atoms with E-state index in [2.05, 4.69) is 26.8 Å². The summed E-state index contributed by atoms with van der Waals surface area (Å²) in [7, 11) is 0. The second-order valence-electron chi connectivity index (χ2n) is 3.44. The van der Waals surface area contributed by atoms with Gasteiger partial charge in [0, 0.05) is 0 Å². The molecule has 0 aromatic heterocycles. The van der Waals surface area contributed by atoms with Crippen molar-refractivity contribution in [1.82, 2.24) is 0 Å². The van der Waals surface area contributed by atoms with Crippen molar-refractivity contribution in [2.75, 3.05) is 0 Å². The maximum Gasteiger partial charge on any atom is 0.0629 e. The number of hydrogen-bond acceptors (Lipinski definition) is 0. The molecule has 1 aromatic rings. The second kappa shape index (κ2) is 4.34. The minimum absolute atomic E-state index is 0.432. The SMILES string of the molecule is CCc1ccc(Cl)c(Cl)c1C(C)C. The lowest BCUT2D eigenvalue weighted by Crippen LogP contribution is -1.96. The quantitative estimate of drug-likeness (QED) is 0.674. The van der Waals surface area contributed by atoms with Crippen molar-refractivity contribution >= 4 is 23.2 Å². The second-order valence-corrected chi connectivity index (χ2v) is 4.23. The van der Waals surface area contributed by atoms with Gasteiger partial charge in [0.15, 0.2) is 0 Å². The van der Waals surface area contributed by atoms with Crippen LogP contribution in [0.2, 0.25) is 10.0 Å². The van der Waals surface area contributed by atoms with E-state index in [9.17, 15) is 0 Å². The molecule has 1 rings (SSSR count). The van der Waals surface area contributed by atoms with Gasteiger partial charge in [-0.1, -0.05) is 50.0 Å². The third kappa shape index (κ3) is 2.18. The standard InChI is InChI=1S/C11H14Cl2/c1-4-8-5-6-9(12)11(13)10(8)7(2)3/h5-7H,4H2,1-3H3. The lowest BCUT2D eigenvalue weighted by Gasteiger charge is -2.14.